The summed E-state index contributed by atoms with van der Waals surface area (Å²) in [5.74, 6) is -0.149. The van der Waals surface area contributed by atoms with Crippen molar-refractivity contribution >= 4 is 6.09 Å². The molecule has 1 aromatic rings. The Balaban J connectivity index is 1.89. The first-order valence-corrected chi connectivity index (χ1v) is 9.24. The third kappa shape index (κ3) is 4.08. The van der Waals surface area contributed by atoms with Crippen LogP contribution in [0.2, 0.25) is 0 Å². The fraction of sp³-hybridized carbons (Fsp3) is 0.650. The van der Waals surface area contributed by atoms with Gasteiger partial charge in [0.2, 0.25) is 0 Å². The molecule has 7 heteroatoms. The van der Waals surface area contributed by atoms with E-state index in [1.807, 2.05) is 20.8 Å². The number of halogens is 3. The average molecular weight is 385 g/mol. The summed E-state index contributed by atoms with van der Waals surface area (Å²) in [6.07, 6.45) is -3.79. The van der Waals surface area contributed by atoms with E-state index in [9.17, 15) is 18.0 Å². The van der Waals surface area contributed by atoms with E-state index in [4.69, 9.17) is 9.84 Å². The van der Waals surface area contributed by atoms with E-state index in [1.54, 1.807) is 6.07 Å². The number of nitrogens with zero attached hydrogens (tertiary/aromatic N) is 1. The van der Waals surface area contributed by atoms with Gasteiger partial charge >= 0.3 is 12.3 Å². The lowest BCUT2D eigenvalue weighted by Gasteiger charge is -2.39. The molecule has 0 aliphatic carbocycles. The second-order valence-electron chi connectivity index (χ2n) is 8.79. The molecule has 1 N–H and O–H groups in total. The molecule has 2 unspecified atom stereocenters. The molecule has 0 aromatic heterocycles. The summed E-state index contributed by atoms with van der Waals surface area (Å²) in [4.78, 5) is 12.6. The number of carbonyl (C=O) groups is 1. The number of likely N-dealkylation sites (tertiary alicyclic amines) is 1. The molecule has 4 nitrogen and oxygen atoms in total. The molecule has 1 spiro atoms. The van der Waals surface area contributed by atoms with E-state index in [1.165, 1.54) is 17.0 Å². The molecule has 2 heterocycles. The highest BCUT2D eigenvalue weighted by atomic mass is 19.4. The minimum Gasteiger partial charge on any atom is -0.465 e. The van der Waals surface area contributed by atoms with Gasteiger partial charge in [-0.15, -0.1) is 0 Å². The minimum absolute atomic E-state index is 0.149. The Morgan fingerprint density at radius 3 is 2.37 bits per heavy atom. The summed E-state index contributed by atoms with van der Waals surface area (Å²) in [5, 5.41) is 9.17. The fourth-order valence-electron chi connectivity index (χ4n) is 4.35. The van der Waals surface area contributed by atoms with Gasteiger partial charge in [0, 0.05) is 19.0 Å². The van der Waals surface area contributed by atoms with Crippen LogP contribution in [-0.2, 0) is 10.9 Å². The van der Waals surface area contributed by atoms with Crippen LogP contribution in [0, 0.1) is 5.41 Å². The number of carboxylic acid groups (broad SMARTS) is 1. The molecule has 2 aliphatic rings. The molecule has 2 atom stereocenters. The van der Waals surface area contributed by atoms with Gasteiger partial charge in [-0.2, -0.15) is 13.2 Å². The van der Waals surface area contributed by atoms with E-state index < -0.39 is 23.4 Å². The molecule has 1 amide bonds. The summed E-state index contributed by atoms with van der Waals surface area (Å²) >= 11 is 0. The van der Waals surface area contributed by atoms with Crippen molar-refractivity contribution in [2.75, 3.05) is 13.1 Å². The zero-order chi connectivity index (χ0) is 20.0. The van der Waals surface area contributed by atoms with Crippen LogP contribution >= 0.6 is 0 Å². The van der Waals surface area contributed by atoms with Crippen molar-refractivity contribution in [1.82, 2.24) is 4.90 Å². The number of hydrogen-bond donors (Lipinski definition) is 1. The summed E-state index contributed by atoms with van der Waals surface area (Å²) in [5.41, 5.74) is -0.716. The highest BCUT2D eigenvalue weighted by Crippen LogP contribution is 2.51. The number of piperidine rings is 1. The Labute approximate surface area is 157 Å². The van der Waals surface area contributed by atoms with Gasteiger partial charge in [0.25, 0.3) is 0 Å². The highest BCUT2D eigenvalue weighted by molar-refractivity contribution is 5.65. The zero-order valence-corrected chi connectivity index (χ0v) is 15.8. The van der Waals surface area contributed by atoms with Crippen molar-refractivity contribution < 1.29 is 27.8 Å². The van der Waals surface area contributed by atoms with E-state index in [2.05, 4.69) is 0 Å². The Bertz CT molecular complexity index is 703. The lowest BCUT2D eigenvalue weighted by atomic mass is 9.75. The number of amides is 1. The summed E-state index contributed by atoms with van der Waals surface area (Å²) < 4.78 is 46.0. The van der Waals surface area contributed by atoms with Crippen LogP contribution in [0.1, 0.15) is 57.1 Å². The third-order valence-electron chi connectivity index (χ3n) is 5.78. The number of alkyl halides is 3. The maximum Gasteiger partial charge on any atom is 0.416 e. The Kier molecular flexibility index (Phi) is 4.95. The Hall–Kier alpha value is -1.76. The van der Waals surface area contributed by atoms with Gasteiger partial charge in [-0.1, -0.05) is 39.0 Å². The second-order valence-corrected chi connectivity index (χ2v) is 8.79. The first kappa shape index (κ1) is 20.0. The summed E-state index contributed by atoms with van der Waals surface area (Å²) in [6, 6.07) is 5.52. The molecule has 2 aliphatic heterocycles. The Morgan fingerprint density at radius 1 is 1.22 bits per heavy atom. The van der Waals surface area contributed by atoms with E-state index >= 15 is 0 Å². The predicted molar refractivity (Wildman–Crippen MR) is 94.7 cm³/mol. The van der Waals surface area contributed by atoms with E-state index in [0.717, 1.165) is 6.07 Å². The topological polar surface area (TPSA) is 49.8 Å². The van der Waals surface area contributed by atoms with E-state index in [-0.39, 0.29) is 17.4 Å². The highest BCUT2D eigenvalue weighted by Gasteiger charge is 2.52. The van der Waals surface area contributed by atoms with Gasteiger partial charge in [0.05, 0.1) is 17.3 Å². The molecule has 150 valence electrons. The zero-order valence-electron chi connectivity index (χ0n) is 15.8. The fourth-order valence-corrected chi connectivity index (χ4v) is 4.35. The average Bonchev–Trinajstić information content (AvgIpc) is 2.94. The monoisotopic (exact) mass is 385 g/mol. The molecule has 0 saturated carbocycles. The van der Waals surface area contributed by atoms with Gasteiger partial charge in [0.15, 0.2) is 0 Å². The van der Waals surface area contributed by atoms with Gasteiger partial charge in [0.1, 0.15) is 0 Å². The normalized spacial score (nSPS) is 25.8. The standard InChI is InChI=1S/C20H26F3NO3/c1-18(2,3)16-15(13-5-4-6-14(11-13)20(21,22)23)12-19(27-16)7-9-24(10-8-19)17(25)26/h4-6,11,15-16H,7-10,12H2,1-3H3,(H,25,26). The maximum absolute atomic E-state index is 13.2. The van der Waals surface area contributed by atoms with Gasteiger partial charge in [-0.3, -0.25) is 0 Å². The SMILES string of the molecule is CC(C)(C)C1OC2(CCN(C(=O)O)CC2)CC1c1cccc(C(F)(F)F)c1. The maximum atomic E-state index is 13.2. The largest absolute Gasteiger partial charge is 0.465 e. The quantitative estimate of drug-likeness (QED) is 0.729. The smallest absolute Gasteiger partial charge is 0.416 e. The lowest BCUT2D eigenvalue weighted by Crippen LogP contribution is -2.46. The number of benzene rings is 1. The molecule has 0 bridgehead atoms. The molecule has 2 fully saturated rings. The first-order valence-electron chi connectivity index (χ1n) is 9.24. The van der Waals surface area contributed by atoms with Gasteiger partial charge < -0.3 is 14.7 Å². The van der Waals surface area contributed by atoms with E-state index in [0.29, 0.717) is 37.9 Å². The molecule has 3 rings (SSSR count). The van der Waals surface area contributed by atoms with Crippen molar-refractivity contribution in [1.29, 1.82) is 0 Å². The third-order valence-corrected chi connectivity index (χ3v) is 5.78. The predicted octanol–water partition coefficient (Wildman–Crippen LogP) is 5.14. The van der Waals surface area contributed by atoms with Crippen LogP contribution in [0.4, 0.5) is 18.0 Å². The van der Waals surface area contributed by atoms with Crippen molar-refractivity contribution in [2.24, 2.45) is 5.41 Å². The lowest BCUT2D eigenvalue weighted by molar-refractivity contribution is -0.137. The molecule has 2 saturated heterocycles. The molecule has 0 radical (unpaired) electrons. The van der Waals surface area contributed by atoms with Gasteiger partial charge in [-0.05, 0) is 36.3 Å². The van der Waals surface area contributed by atoms with Crippen molar-refractivity contribution in [3.8, 4) is 0 Å². The van der Waals surface area contributed by atoms with Crippen LogP contribution in [-0.4, -0.2) is 40.9 Å². The van der Waals surface area contributed by atoms with Crippen LogP contribution < -0.4 is 0 Å². The summed E-state index contributed by atoms with van der Waals surface area (Å²) in [6.45, 7) is 6.88. The molecular formula is C20H26F3NO3. The van der Waals surface area contributed by atoms with Crippen molar-refractivity contribution in [3.63, 3.8) is 0 Å². The number of rotatable bonds is 1. The van der Waals surface area contributed by atoms with Crippen molar-refractivity contribution in [3.05, 3.63) is 35.4 Å². The molecule has 27 heavy (non-hydrogen) atoms. The first-order chi connectivity index (χ1) is 12.4. The van der Waals surface area contributed by atoms with Crippen LogP contribution in [0.25, 0.3) is 0 Å². The van der Waals surface area contributed by atoms with Crippen molar-refractivity contribution in [2.45, 2.75) is 63.8 Å². The summed E-state index contributed by atoms with van der Waals surface area (Å²) in [7, 11) is 0. The number of ether oxygens (including phenoxy) is 1. The number of hydrogen-bond acceptors (Lipinski definition) is 2. The molecular weight excluding hydrogens is 359 g/mol. The second kappa shape index (κ2) is 6.69. The van der Waals surface area contributed by atoms with Crippen LogP contribution in [0.5, 0.6) is 0 Å². The minimum atomic E-state index is -4.38. The van der Waals surface area contributed by atoms with Crippen LogP contribution in [0.15, 0.2) is 24.3 Å². The Morgan fingerprint density at radius 2 is 1.85 bits per heavy atom. The van der Waals surface area contributed by atoms with Crippen LogP contribution in [0.3, 0.4) is 0 Å². The molecule has 1 aromatic carbocycles. The van der Waals surface area contributed by atoms with Gasteiger partial charge in [-0.25, -0.2) is 4.79 Å².